The van der Waals surface area contributed by atoms with E-state index >= 15 is 0 Å². The van der Waals surface area contributed by atoms with E-state index in [2.05, 4.69) is 32.2 Å². The lowest BCUT2D eigenvalue weighted by atomic mass is 9.90. The average Bonchev–Trinajstić information content (AvgIpc) is 2.27. The van der Waals surface area contributed by atoms with E-state index in [0.717, 1.165) is 18.7 Å². The maximum Gasteiger partial charge on any atom is 0.0992 e. The minimum atomic E-state index is 0.294. The zero-order valence-corrected chi connectivity index (χ0v) is 9.67. The molecule has 2 heteroatoms. The molecule has 0 aromatic heterocycles. The molecule has 0 unspecified atom stereocenters. The minimum absolute atomic E-state index is 0.294. The third kappa shape index (κ3) is 3.63. The molecule has 0 aliphatic rings. The highest BCUT2D eigenvalue weighted by molar-refractivity contribution is 5.49. The van der Waals surface area contributed by atoms with Gasteiger partial charge in [-0.1, -0.05) is 26.8 Å². The summed E-state index contributed by atoms with van der Waals surface area (Å²) in [6.45, 7) is 7.58. The van der Waals surface area contributed by atoms with Crippen LogP contribution in [0.3, 0.4) is 0 Å². The lowest BCUT2D eigenvalue weighted by Crippen LogP contribution is -2.21. The van der Waals surface area contributed by atoms with Crippen molar-refractivity contribution in [2.45, 2.75) is 27.2 Å². The van der Waals surface area contributed by atoms with E-state index in [-0.39, 0.29) is 0 Å². The summed E-state index contributed by atoms with van der Waals surface area (Å²) in [5.74, 6) is 0. The van der Waals surface area contributed by atoms with Crippen molar-refractivity contribution in [1.82, 2.24) is 0 Å². The standard InChI is InChI=1S/C13H18N2/c1-4-13(2,3)10-15-12-7-5-6-11(8-12)9-14/h5-8,15H,4,10H2,1-3H3. The van der Waals surface area contributed by atoms with Crippen LogP contribution in [0, 0.1) is 16.7 Å². The zero-order valence-electron chi connectivity index (χ0n) is 9.67. The molecule has 0 saturated heterocycles. The summed E-state index contributed by atoms with van der Waals surface area (Å²) in [7, 11) is 0. The van der Waals surface area contributed by atoms with Crippen molar-refractivity contribution >= 4 is 5.69 Å². The number of hydrogen-bond donors (Lipinski definition) is 1. The summed E-state index contributed by atoms with van der Waals surface area (Å²) < 4.78 is 0. The number of nitriles is 1. The smallest absolute Gasteiger partial charge is 0.0992 e. The highest BCUT2D eigenvalue weighted by Crippen LogP contribution is 2.20. The van der Waals surface area contributed by atoms with Gasteiger partial charge in [0, 0.05) is 12.2 Å². The van der Waals surface area contributed by atoms with Gasteiger partial charge in [0.2, 0.25) is 0 Å². The Morgan fingerprint density at radius 3 is 2.73 bits per heavy atom. The van der Waals surface area contributed by atoms with E-state index < -0.39 is 0 Å². The van der Waals surface area contributed by atoms with Crippen molar-refractivity contribution < 1.29 is 0 Å². The molecule has 0 bridgehead atoms. The predicted octanol–water partition coefficient (Wildman–Crippen LogP) is 3.41. The summed E-state index contributed by atoms with van der Waals surface area (Å²) in [5.41, 5.74) is 2.02. The Morgan fingerprint density at radius 2 is 2.13 bits per heavy atom. The molecule has 2 nitrogen and oxygen atoms in total. The molecule has 0 saturated carbocycles. The molecule has 1 rings (SSSR count). The van der Waals surface area contributed by atoms with Crippen molar-refractivity contribution in [3.63, 3.8) is 0 Å². The minimum Gasteiger partial charge on any atom is -0.384 e. The monoisotopic (exact) mass is 202 g/mol. The molecule has 0 atom stereocenters. The van der Waals surface area contributed by atoms with Gasteiger partial charge in [0.25, 0.3) is 0 Å². The van der Waals surface area contributed by atoms with Crippen LogP contribution in [0.25, 0.3) is 0 Å². The fraction of sp³-hybridized carbons (Fsp3) is 0.462. The first kappa shape index (κ1) is 11.6. The van der Waals surface area contributed by atoms with E-state index in [4.69, 9.17) is 5.26 Å². The van der Waals surface area contributed by atoms with Crippen LogP contribution in [-0.2, 0) is 0 Å². The van der Waals surface area contributed by atoms with Gasteiger partial charge in [-0.25, -0.2) is 0 Å². The van der Waals surface area contributed by atoms with Gasteiger partial charge in [0.15, 0.2) is 0 Å². The maximum absolute atomic E-state index is 8.76. The Labute approximate surface area is 91.9 Å². The van der Waals surface area contributed by atoms with Crippen LogP contribution < -0.4 is 5.32 Å². The van der Waals surface area contributed by atoms with Gasteiger partial charge in [0.05, 0.1) is 11.6 Å². The lowest BCUT2D eigenvalue weighted by Gasteiger charge is -2.23. The fourth-order valence-electron chi connectivity index (χ4n) is 1.17. The molecular weight excluding hydrogens is 184 g/mol. The van der Waals surface area contributed by atoms with Gasteiger partial charge in [-0.05, 0) is 30.0 Å². The number of benzene rings is 1. The average molecular weight is 202 g/mol. The second-order valence-electron chi connectivity index (χ2n) is 4.56. The third-order valence-corrected chi connectivity index (χ3v) is 2.72. The van der Waals surface area contributed by atoms with E-state index in [9.17, 15) is 0 Å². The molecule has 0 radical (unpaired) electrons. The summed E-state index contributed by atoms with van der Waals surface area (Å²) in [4.78, 5) is 0. The summed E-state index contributed by atoms with van der Waals surface area (Å²) in [6.07, 6.45) is 1.14. The first-order valence-corrected chi connectivity index (χ1v) is 5.31. The van der Waals surface area contributed by atoms with Crippen molar-refractivity contribution in [1.29, 1.82) is 5.26 Å². The molecule has 0 amide bonds. The van der Waals surface area contributed by atoms with Crippen molar-refractivity contribution in [3.05, 3.63) is 29.8 Å². The molecule has 15 heavy (non-hydrogen) atoms. The van der Waals surface area contributed by atoms with Crippen molar-refractivity contribution in [2.24, 2.45) is 5.41 Å². The van der Waals surface area contributed by atoms with E-state index in [1.807, 2.05) is 24.3 Å². The Balaban J connectivity index is 2.62. The molecule has 0 spiro atoms. The molecule has 0 heterocycles. The van der Waals surface area contributed by atoms with Crippen LogP contribution in [0.2, 0.25) is 0 Å². The topological polar surface area (TPSA) is 35.8 Å². The molecule has 0 aliphatic carbocycles. The van der Waals surface area contributed by atoms with Crippen LogP contribution in [0.15, 0.2) is 24.3 Å². The van der Waals surface area contributed by atoms with E-state index in [0.29, 0.717) is 11.0 Å². The largest absolute Gasteiger partial charge is 0.384 e. The van der Waals surface area contributed by atoms with Gasteiger partial charge in [-0.2, -0.15) is 5.26 Å². The van der Waals surface area contributed by atoms with E-state index in [1.54, 1.807) is 0 Å². The molecule has 80 valence electrons. The molecule has 0 aliphatic heterocycles. The predicted molar refractivity (Wildman–Crippen MR) is 63.7 cm³/mol. The SMILES string of the molecule is CCC(C)(C)CNc1cccc(C#N)c1. The summed E-state index contributed by atoms with van der Waals surface area (Å²) in [6, 6.07) is 9.73. The highest BCUT2D eigenvalue weighted by atomic mass is 14.9. The second kappa shape index (κ2) is 4.84. The molecular formula is C13H18N2. The van der Waals surface area contributed by atoms with Gasteiger partial charge >= 0.3 is 0 Å². The zero-order chi connectivity index (χ0) is 11.3. The fourth-order valence-corrected chi connectivity index (χ4v) is 1.17. The maximum atomic E-state index is 8.76. The van der Waals surface area contributed by atoms with Gasteiger partial charge in [-0.3, -0.25) is 0 Å². The molecule has 1 N–H and O–H groups in total. The van der Waals surface area contributed by atoms with Gasteiger partial charge in [0.1, 0.15) is 0 Å². The number of nitrogens with one attached hydrogen (secondary N) is 1. The van der Waals surface area contributed by atoms with Crippen molar-refractivity contribution in [2.75, 3.05) is 11.9 Å². The Bertz CT molecular complexity index is 361. The first-order chi connectivity index (χ1) is 7.07. The van der Waals surface area contributed by atoms with Crippen LogP contribution in [0.1, 0.15) is 32.8 Å². The quantitative estimate of drug-likeness (QED) is 0.812. The van der Waals surface area contributed by atoms with Crippen LogP contribution >= 0.6 is 0 Å². The first-order valence-electron chi connectivity index (χ1n) is 5.31. The Kier molecular flexibility index (Phi) is 3.74. The summed E-state index contributed by atoms with van der Waals surface area (Å²) >= 11 is 0. The van der Waals surface area contributed by atoms with E-state index in [1.165, 1.54) is 0 Å². The normalized spacial score (nSPS) is 10.8. The number of anilines is 1. The van der Waals surface area contributed by atoms with Gasteiger partial charge < -0.3 is 5.32 Å². The highest BCUT2D eigenvalue weighted by Gasteiger charge is 2.14. The molecule has 1 aromatic carbocycles. The number of nitrogens with zero attached hydrogens (tertiary/aromatic N) is 1. The lowest BCUT2D eigenvalue weighted by molar-refractivity contribution is 0.377. The molecule has 1 aromatic rings. The van der Waals surface area contributed by atoms with Crippen LogP contribution in [-0.4, -0.2) is 6.54 Å². The molecule has 0 fully saturated rings. The number of rotatable bonds is 4. The third-order valence-electron chi connectivity index (χ3n) is 2.72. The number of hydrogen-bond acceptors (Lipinski definition) is 2. The summed E-state index contributed by atoms with van der Waals surface area (Å²) in [5, 5.41) is 12.1. The van der Waals surface area contributed by atoms with Crippen LogP contribution in [0.5, 0.6) is 0 Å². The van der Waals surface area contributed by atoms with Gasteiger partial charge in [-0.15, -0.1) is 0 Å². The second-order valence-corrected chi connectivity index (χ2v) is 4.56. The van der Waals surface area contributed by atoms with Crippen molar-refractivity contribution in [3.8, 4) is 6.07 Å². The Hall–Kier alpha value is -1.49. The Morgan fingerprint density at radius 1 is 1.40 bits per heavy atom. The van der Waals surface area contributed by atoms with Crippen LogP contribution in [0.4, 0.5) is 5.69 Å².